The van der Waals surface area contributed by atoms with Crippen LogP contribution in [0.2, 0.25) is 5.02 Å². The molecule has 9 heteroatoms. The van der Waals surface area contributed by atoms with E-state index in [-0.39, 0.29) is 22.0 Å². The Bertz CT molecular complexity index is 1190. The van der Waals surface area contributed by atoms with E-state index < -0.39 is 22.6 Å². The predicted octanol–water partition coefficient (Wildman–Crippen LogP) is 6.58. The molecule has 31 heavy (non-hydrogen) atoms. The summed E-state index contributed by atoms with van der Waals surface area (Å²) in [5.41, 5.74) is -0.0406. The Morgan fingerprint density at radius 3 is 2.32 bits per heavy atom. The van der Waals surface area contributed by atoms with Gasteiger partial charge in [-0.2, -0.15) is 13.2 Å². The number of rotatable bonds is 5. The highest BCUT2D eigenvalue weighted by atomic mass is 35.5. The van der Waals surface area contributed by atoms with Gasteiger partial charge < -0.3 is 5.32 Å². The number of halogens is 4. The number of nitrogens with zero attached hydrogens (tertiary/aromatic N) is 1. The fourth-order valence-electron chi connectivity index (χ4n) is 2.91. The van der Waals surface area contributed by atoms with Crippen LogP contribution < -0.4 is 5.32 Å². The molecule has 158 valence electrons. The summed E-state index contributed by atoms with van der Waals surface area (Å²) in [6, 6.07) is 14.7. The predicted molar refractivity (Wildman–Crippen MR) is 112 cm³/mol. The molecule has 0 unspecified atom stereocenters. The average Bonchev–Trinajstić information content (AvgIpc) is 2.73. The molecule has 0 aromatic heterocycles. The number of nitrogens with one attached hydrogen (secondary N) is 1. The first kappa shape index (κ1) is 22.0. The minimum absolute atomic E-state index is 0.0256. The second-order valence-corrected chi connectivity index (χ2v) is 6.89. The van der Waals surface area contributed by atoms with Crippen molar-refractivity contribution in [2.24, 2.45) is 0 Å². The van der Waals surface area contributed by atoms with Crippen molar-refractivity contribution in [1.82, 2.24) is 0 Å². The molecule has 0 bridgehead atoms. The van der Waals surface area contributed by atoms with Gasteiger partial charge >= 0.3 is 6.18 Å². The lowest BCUT2D eigenvalue weighted by molar-refractivity contribution is -0.384. The van der Waals surface area contributed by atoms with Gasteiger partial charge in [-0.3, -0.25) is 14.9 Å². The first-order chi connectivity index (χ1) is 14.6. The lowest BCUT2D eigenvalue weighted by Crippen LogP contribution is -2.15. The molecule has 0 spiro atoms. The Hall–Kier alpha value is -3.65. The van der Waals surface area contributed by atoms with E-state index in [0.717, 1.165) is 12.1 Å². The Morgan fingerprint density at radius 1 is 1.00 bits per heavy atom. The number of hydrogen-bond acceptors (Lipinski definition) is 3. The number of nitro benzene ring substituents is 1. The molecule has 0 aliphatic carbocycles. The molecule has 0 saturated heterocycles. The number of hydrogen-bond donors (Lipinski definition) is 1. The van der Waals surface area contributed by atoms with Gasteiger partial charge in [-0.05, 0) is 47.0 Å². The van der Waals surface area contributed by atoms with Gasteiger partial charge in [0.25, 0.3) is 11.6 Å². The van der Waals surface area contributed by atoms with E-state index in [1.807, 2.05) is 0 Å². The monoisotopic (exact) mass is 446 g/mol. The van der Waals surface area contributed by atoms with Crippen LogP contribution >= 0.6 is 11.6 Å². The Kier molecular flexibility index (Phi) is 6.12. The van der Waals surface area contributed by atoms with Gasteiger partial charge in [-0.15, -0.1) is 0 Å². The van der Waals surface area contributed by atoms with Crippen molar-refractivity contribution in [3.05, 3.63) is 111 Å². The number of benzene rings is 3. The lowest BCUT2D eigenvalue weighted by atomic mass is 9.94. The molecule has 1 N–H and O–H groups in total. The van der Waals surface area contributed by atoms with E-state index in [9.17, 15) is 28.1 Å². The van der Waals surface area contributed by atoms with Crippen LogP contribution in [-0.4, -0.2) is 10.8 Å². The minimum Gasteiger partial charge on any atom is -0.322 e. The fraction of sp³-hybridized carbons (Fsp3) is 0.0455. The summed E-state index contributed by atoms with van der Waals surface area (Å²) in [4.78, 5) is 23.3. The lowest BCUT2D eigenvalue weighted by Gasteiger charge is -2.14. The molecule has 0 fully saturated rings. The van der Waals surface area contributed by atoms with E-state index in [1.54, 1.807) is 18.2 Å². The SMILES string of the molecule is C=C(c1ccc(Cl)c([N+](=O)[O-])c1)c1ccccc1C(=O)Nc1cccc(C(F)(F)F)c1. The first-order valence-corrected chi connectivity index (χ1v) is 9.17. The van der Waals surface area contributed by atoms with Crippen molar-refractivity contribution in [3.8, 4) is 0 Å². The van der Waals surface area contributed by atoms with Crippen molar-refractivity contribution in [1.29, 1.82) is 0 Å². The normalized spacial score (nSPS) is 11.1. The summed E-state index contributed by atoms with van der Waals surface area (Å²) in [6.07, 6.45) is -4.55. The summed E-state index contributed by atoms with van der Waals surface area (Å²) in [7, 11) is 0. The number of amides is 1. The van der Waals surface area contributed by atoms with Gasteiger partial charge in [0, 0.05) is 17.3 Å². The molecule has 3 rings (SSSR count). The highest BCUT2D eigenvalue weighted by Gasteiger charge is 2.30. The highest BCUT2D eigenvalue weighted by molar-refractivity contribution is 6.32. The standard InChI is InChI=1S/C22H14ClF3N2O3/c1-13(14-9-10-19(23)20(11-14)28(30)31)17-7-2-3-8-18(17)21(29)27-16-6-4-5-15(12-16)22(24,25)26/h2-12H,1H2,(H,27,29). The van der Waals surface area contributed by atoms with Crippen molar-refractivity contribution in [2.75, 3.05) is 5.32 Å². The van der Waals surface area contributed by atoms with Crippen LogP contribution in [0.1, 0.15) is 27.0 Å². The maximum Gasteiger partial charge on any atom is 0.416 e. The maximum absolute atomic E-state index is 12.9. The molecule has 3 aromatic carbocycles. The highest BCUT2D eigenvalue weighted by Crippen LogP contribution is 2.33. The molecule has 1 amide bonds. The van der Waals surface area contributed by atoms with E-state index in [0.29, 0.717) is 16.7 Å². The van der Waals surface area contributed by atoms with Crippen molar-refractivity contribution >= 4 is 34.5 Å². The van der Waals surface area contributed by atoms with Crippen LogP contribution in [0.3, 0.4) is 0 Å². The third-order valence-electron chi connectivity index (χ3n) is 4.44. The van der Waals surface area contributed by atoms with Gasteiger partial charge in [-0.1, -0.05) is 48.5 Å². The third-order valence-corrected chi connectivity index (χ3v) is 4.76. The molecule has 0 saturated carbocycles. The maximum atomic E-state index is 12.9. The van der Waals surface area contributed by atoms with E-state index in [2.05, 4.69) is 11.9 Å². The summed E-state index contributed by atoms with van der Waals surface area (Å²) >= 11 is 5.84. The van der Waals surface area contributed by atoms with Crippen molar-refractivity contribution in [3.63, 3.8) is 0 Å². The number of anilines is 1. The summed E-state index contributed by atoms with van der Waals surface area (Å²) < 4.78 is 38.8. The molecule has 0 aliphatic rings. The van der Waals surface area contributed by atoms with E-state index in [1.165, 1.54) is 36.4 Å². The average molecular weight is 447 g/mol. The van der Waals surface area contributed by atoms with Crippen LogP contribution in [0.15, 0.2) is 73.3 Å². The molecule has 0 atom stereocenters. The zero-order valence-corrected chi connectivity index (χ0v) is 16.5. The van der Waals surface area contributed by atoms with Crippen molar-refractivity contribution < 1.29 is 22.9 Å². The molecular weight excluding hydrogens is 433 g/mol. The van der Waals surface area contributed by atoms with Crippen LogP contribution in [0, 0.1) is 10.1 Å². The minimum atomic E-state index is -4.55. The van der Waals surface area contributed by atoms with Crippen LogP contribution in [0.25, 0.3) is 5.57 Å². The second kappa shape index (κ2) is 8.61. The van der Waals surface area contributed by atoms with Gasteiger partial charge in [-0.25, -0.2) is 0 Å². The van der Waals surface area contributed by atoms with Crippen molar-refractivity contribution in [2.45, 2.75) is 6.18 Å². The van der Waals surface area contributed by atoms with E-state index >= 15 is 0 Å². The summed E-state index contributed by atoms with van der Waals surface area (Å²) in [5, 5.41) is 13.6. The third kappa shape index (κ3) is 4.92. The van der Waals surface area contributed by atoms with Gasteiger partial charge in [0.2, 0.25) is 0 Å². The van der Waals surface area contributed by atoms with Gasteiger partial charge in [0.05, 0.1) is 10.5 Å². The molecule has 5 nitrogen and oxygen atoms in total. The van der Waals surface area contributed by atoms with E-state index in [4.69, 9.17) is 11.6 Å². The van der Waals surface area contributed by atoms with Crippen LogP contribution in [0.5, 0.6) is 0 Å². The van der Waals surface area contributed by atoms with Gasteiger partial charge in [0.15, 0.2) is 0 Å². The first-order valence-electron chi connectivity index (χ1n) is 8.79. The topological polar surface area (TPSA) is 72.2 Å². The second-order valence-electron chi connectivity index (χ2n) is 6.48. The van der Waals surface area contributed by atoms with Crippen LogP contribution in [-0.2, 0) is 6.18 Å². The zero-order chi connectivity index (χ0) is 22.8. The molecule has 0 aliphatic heterocycles. The Labute approximate surface area is 179 Å². The quantitative estimate of drug-likeness (QED) is 0.355. The largest absolute Gasteiger partial charge is 0.416 e. The molecule has 3 aromatic rings. The molecule has 0 radical (unpaired) electrons. The number of nitro groups is 1. The zero-order valence-electron chi connectivity index (χ0n) is 15.7. The molecule has 0 heterocycles. The smallest absolute Gasteiger partial charge is 0.322 e. The fourth-order valence-corrected chi connectivity index (χ4v) is 3.10. The molecular formula is C22H14ClF3N2O3. The summed E-state index contributed by atoms with van der Waals surface area (Å²) in [5.74, 6) is -0.653. The Balaban J connectivity index is 1.94. The number of alkyl halides is 3. The number of carbonyl (C=O) groups excluding carboxylic acids is 1. The Morgan fingerprint density at radius 2 is 1.68 bits per heavy atom. The van der Waals surface area contributed by atoms with Crippen LogP contribution in [0.4, 0.5) is 24.5 Å². The van der Waals surface area contributed by atoms with Gasteiger partial charge in [0.1, 0.15) is 5.02 Å². The number of carbonyl (C=O) groups is 1. The summed E-state index contributed by atoms with van der Waals surface area (Å²) in [6.45, 7) is 3.93.